The first kappa shape index (κ1) is 25.7. The number of benzene rings is 2. The summed E-state index contributed by atoms with van der Waals surface area (Å²) < 4.78 is 13.7. The van der Waals surface area contributed by atoms with Crippen LogP contribution < -0.4 is 10.6 Å². The van der Waals surface area contributed by atoms with Gasteiger partial charge < -0.3 is 15.5 Å². The molecule has 6 nitrogen and oxygen atoms in total. The van der Waals surface area contributed by atoms with Crippen LogP contribution in [0.15, 0.2) is 48.5 Å². The van der Waals surface area contributed by atoms with Gasteiger partial charge in [-0.3, -0.25) is 14.4 Å². The molecule has 0 saturated carbocycles. The Morgan fingerprint density at radius 2 is 1.71 bits per heavy atom. The number of halogens is 2. The molecule has 3 rings (SSSR count). The van der Waals surface area contributed by atoms with Crippen LogP contribution in [-0.4, -0.2) is 48.3 Å². The highest BCUT2D eigenvalue weighted by molar-refractivity contribution is 6.33. The highest BCUT2D eigenvalue weighted by Crippen LogP contribution is 2.21. The summed E-state index contributed by atoms with van der Waals surface area (Å²) in [6.07, 6.45) is 1.51. The molecular weight excluding hydrogens is 457 g/mol. The van der Waals surface area contributed by atoms with E-state index in [0.29, 0.717) is 55.0 Å². The number of hydrogen-bond acceptors (Lipinski definition) is 3. The number of amides is 3. The summed E-state index contributed by atoms with van der Waals surface area (Å²) >= 11 is 6.12. The third-order valence-electron chi connectivity index (χ3n) is 6.17. The van der Waals surface area contributed by atoms with Crippen molar-refractivity contribution in [2.75, 3.05) is 19.6 Å². The van der Waals surface area contributed by atoms with Gasteiger partial charge in [0.05, 0.1) is 10.6 Å². The second-order valence-corrected chi connectivity index (χ2v) is 9.31. The van der Waals surface area contributed by atoms with Gasteiger partial charge in [-0.25, -0.2) is 4.39 Å². The molecule has 0 aromatic heterocycles. The van der Waals surface area contributed by atoms with Crippen LogP contribution in [0, 0.1) is 17.7 Å². The molecule has 1 aliphatic heterocycles. The molecule has 182 valence electrons. The first-order chi connectivity index (χ1) is 16.3. The zero-order chi connectivity index (χ0) is 24.7. The fourth-order valence-corrected chi connectivity index (χ4v) is 4.32. The lowest BCUT2D eigenvalue weighted by molar-refractivity contribution is -0.138. The number of hydrogen-bond donors (Lipinski definition) is 2. The van der Waals surface area contributed by atoms with Crippen molar-refractivity contribution in [1.29, 1.82) is 0 Å². The summed E-state index contributed by atoms with van der Waals surface area (Å²) in [4.78, 5) is 40.1. The van der Waals surface area contributed by atoms with Crippen LogP contribution in [0.3, 0.4) is 0 Å². The topological polar surface area (TPSA) is 78.5 Å². The molecule has 2 aromatic carbocycles. The summed E-state index contributed by atoms with van der Waals surface area (Å²) in [5, 5.41) is 6.04. The van der Waals surface area contributed by atoms with Crippen molar-refractivity contribution in [2.24, 2.45) is 11.8 Å². The Hall–Kier alpha value is -2.93. The van der Waals surface area contributed by atoms with E-state index in [1.807, 2.05) is 13.8 Å². The molecule has 2 aromatic rings. The Morgan fingerprint density at radius 3 is 2.35 bits per heavy atom. The summed E-state index contributed by atoms with van der Waals surface area (Å²) in [6.45, 7) is 5.00. The third kappa shape index (κ3) is 6.56. The number of carbonyl (C=O) groups excluding carboxylic acids is 3. The Bertz CT molecular complexity index is 1020. The first-order valence-corrected chi connectivity index (χ1v) is 12.0. The van der Waals surface area contributed by atoms with E-state index in [1.54, 1.807) is 47.4 Å². The van der Waals surface area contributed by atoms with Gasteiger partial charge in [-0.1, -0.05) is 55.8 Å². The van der Waals surface area contributed by atoms with Crippen LogP contribution >= 0.6 is 11.6 Å². The average molecular weight is 488 g/mol. The standard InChI is InChI=1S/C26H31ClFN3O3/c1-17(2)23(30-25(33)20-8-4-5-9-21(20)27)26(34)31-15-12-19(13-16-31)24(32)29-14-11-18-7-3-6-10-22(18)28/h3-10,17,19,23H,11-16H2,1-2H3,(H,29,32)(H,30,33). The van der Waals surface area contributed by atoms with Crippen LogP contribution in [0.2, 0.25) is 5.02 Å². The molecule has 2 N–H and O–H groups in total. The summed E-state index contributed by atoms with van der Waals surface area (Å²) in [7, 11) is 0. The van der Waals surface area contributed by atoms with Gasteiger partial charge in [0.15, 0.2) is 0 Å². The molecule has 1 saturated heterocycles. The average Bonchev–Trinajstić information content (AvgIpc) is 2.83. The molecule has 3 amide bonds. The van der Waals surface area contributed by atoms with Gasteiger partial charge in [0, 0.05) is 25.6 Å². The third-order valence-corrected chi connectivity index (χ3v) is 6.50. The van der Waals surface area contributed by atoms with Crippen molar-refractivity contribution in [3.63, 3.8) is 0 Å². The fourth-order valence-electron chi connectivity index (χ4n) is 4.10. The van der Waals surface area contributed by atoms with Crippen molar-refractivity contribution < 1.29 is 18.8 Å². The van der Waals surface area contributed by atoms with Crippen molar-refractivity contribution in [2.45, 2.75) is 39.2 Å². The molecule has 1 heterocycles. The van der Waals surface area contributed by atoms with Crippen molar-refractivity contribution in [3.8, 4) is 0 Å². The van der Waals surface area contributed by atoms with E-state index in [0.717, 1.165) is 0 Å². The smallest absolute Gasteiger partial charge is 0.253 e. The van der Waals surface area contributed by atoms with Gasteiger partial charge in [-0.2, -0.15) is 0 Å². The van der Waals surface area contributed by atoms with E-state index < -0.39 is 6.04 Å². The largest absolute Gasteiger partial charge is 0.356 e. The van der Waals surface area contributed by atoms with E-state index in [1.165, 1.54) is 6.07 Å². The number of rotatable bonds is 8. The second-order valence-electron chi connectivity index (χ2n) is 8.91. The Balaban J connectivity index is 1.50. The van der Waals surface area contributed by atoms with Gasteiger partial charge in [-0.15, -0.1) is 0 Å². The molecule has 1 fully saturated rings. The van der Waals surface area contributed by atoms with Gasteiger partial charge in [0.1, 0.15) is 11.9 Å². The Labute approximate surface area is 204 Å². The van der Waals surface area contributed by atoms with Crippen molar-refractivity contribution in [1.82, 2.24) is 15.5 Å². The minimum atomic E-state index is -0.685. The van der Waals surface area contributed by atoms with E-state index in [2.05, 4.69) is 10.6 Å². The minimum absolute atomic E-state index is 0.0733. The fraction of sp³-hybridized carbons (Fsp3) is 0.423. The Kier molecular flexibility index (Phi) is 9.05. The summed E-state index contributed by atoms with van der Waals surface area (Å²) in [6, 6.07) is 12.6. The van der Waals surface area contributed by atoms with Crippen molar-refractivity contribution >= 4 is 29.3 Å². The highest BCUT2D eigenvalue weighted by atomic mass is 35.5. The summed E-state index contributed by atoms with van der Waals surface area (Å²) in [5.74, 6) is -1.20. The van der Waals surface area contributed by atoms with Crippen LogP contribution in [0.4, 0.5) is 4.39 Å². The van der Waals surface area contributed by atoms with Crippen LogP contribution in [-0.2, 0) is 16.0 Å². The normalized spacial score (nSPS) is 15.1. The van der Waals surface area contributed by atoms with E-state index >= 15 is 0 Å². The predicted octanol–water partition coefficient (Wildman–Crippen LogP) is 3.83. The van der Waals surface area contributed by atoms with Gasteiger partial charge in [-0.05, 0) is 48.9 Å². The van der Waals surface area contributed by atoms with Gasteiger partial charge >= 0.3 is 0 Å². The second kappa shape index (κ2) is 12.0. The van der Waals surface area contributed by atoms with E-state index in [4.69, 9.17) is 11.6 Å². The molecule has 1 aliphatic rings. The molecular formula is C26H31ClFN3O3. The first-order valence-electron chi connectivity index (χ1n) is 11.6. The molecule has 0 radical (unpaired) electrons. The van der Waals surface area contributed by atoms with Gasteiger partial charge in [0.2, 0.25) is 11.8 Å². The molecule has 0 aliphatic carbocycles. The molecule has 8 heteroatoms. The maximum Gasteiger partial charge on any atom is 0.253 e. The van der Waals surface area contributed by atoms with E-state index in [9.17, 15) is 18.8 Å². The predicted molar refractivity (Wildman–Crippen MR) is 130 cm³/mol. The Morgan fingerprint density at radius 1 is 1.06 bits per heavy atom. The maximum atomic E-state index is 13.7. The molecule has 34 heavy (non-hydrogen) atoms. The van der Waals surface area contributed by atoms with Crippen LogP contribution in [0.5, 0.6) is 0 Å². The highest BCUT2D eigenvalue weighted by Gasteiger charge is 2.33. The molecule has 0 bridgehead atoms. The van der Waals surface area contributed by atoms with Crippen LogP contribution in [0.1, 0.15) is 42.6 Å². The zero-order valence-corrected chi connectivity index (χ0v) is 20.3. The minimum Gasteiger partial charge on any atom is -0.356 e. The molecule has 1 unspecified atom stereocenters. The monoisotopic (exact) mass is 487 g/mol. The maximum absolute atomic E-state index is 13.7. The van der Waals surface area contributed by atoms with Crippen LogP contribution in [0.25, 0.3) is 0 Å². The quantitative estimate of drug-likeness (QED) is 0.594. The van der Waals surface area contributed by atoms with Gasteiger partial charge in [0.25, 0.3) is 5.91 Å². The SMILES string of the molecule is CC(C)C(NC(=O)c1ccccc1Cl)C(=O)N1CCC(C(=O)NCCc2ccccc2F)CC1. The number of nitrogens with one attached hydrogen (secondary N) is 2. The zero-order valence-electron chi connectivity index (χ0n) is 19.5. The number of carbonyl (C=O) groups is 3. The van der Waals surface area contributed by atoms with E-state index in [-0.39, 0.29) is 35.4 Å². The number of piperidine rings is 1. The number of nitrogens with zero attached hydrogens (tertiary/aromatic N) is 1. The molecule has 0 spiro atoms. The number of likely N-dealkylation sites (tertiary alicyclic amines) is 1. The summed E-state index contributed by atoms with van der Waals surface area (Å²) in [5.41, 5.74) is 0.898. The van der Waals surface area contributed by atoms with Crippen molar-refractivity contribution in [3.05, 3.63) is 70.5 Å². The lowest BCUT2D eigenvalue weighted by atomic mass is 9.94. The lowest BCUT2D eigenvalue weighted by Gasteiger charge is -2.35. The lowest BCUT2D eigenvalue weighted by Crippen LogP contribution is -2.53. The molecule has 1 atom stereocenters.